The van der Waals surface area contributed by atoms with Crippen molar-refractivity contribution in [1.29, 1.82) is 0 Å². The van der Waals surface area contributed by atoms with Crippen molar-refractivity contribution in [3.8, 4) is 0 Å². The van der Waals surface area contributed by atoms with Gasteiger partial charge in [-0.15, -0.1) is 0 Å². The first-order valence-electron chi connectivity index (χ1n) is 4.69. The maximum absolute atomic E-state index is 10.9. The molecule has 1 aliphatic rings. The Balaban J connectivity index is 2.34. The monoisotopic (exact) mass is 164 g/mol. The lowest BCUT2D eigenvalue weighted by molar-refractivity contribution is -0.114. The highest BCUT2D eigenvalue weighted by Gasteiger charge is 2.05. The van der Waals surface area contributed by atoms with Crippen molar-refractivity contribution in [3.05, 3.63) is 24.3 Å². The third kappa shape index (κ3) is 3.04. The van der Waals surface area contributed by atoms with Crippen LogP contribution in [0.4, 0.5) is 0 Å². The molecule has 0 heterocycles. The molecule has 0 aliphatic heterocycles. The van der Waals surface area contributed by atoms with Gasteiger partial charge in [0.2, 0.25) is 0 Å². The molecule has 0 amide bonds. The number of allylic oxidation sites excluding steroid dienone is 4. The van der Waals surface area contributed by atoms with E-state index in [4.69, 9.17) is 0 Å². The van der Waals surface area contributed by atoms with Gasteiger partial charge >= 0.3 is 0 Å². The second-order valence-corrected chi connectivity index (χ2v) is 3.22. The molecule has 12 heavy (non-hydrogen) atoms. The van der Waals surface area contributed by atoms with Crippen LogP contribution in [0.2, 0.25) is 0 Å². The van der Waals surface area contributed by atoms with Gasteiger partial charge in [0, 0.05) is 6.42 Å². The normalized spacial score (nSPS) is 23.2. The van der Waals surface area contributed by atoms with Crippen molar-refractivity contribution in [1.82, 2.24) is 0 Å². The number of carbonyl (C=O) groups excluding carboxylic acids is 1. The fraction of sp³-hybridized carbons (Fsp3) is 0.545. The summed E-state index contributed by atoms with van der Waals surface area (Å²) < 4.78 is 0. The van der Waals surface area contributed by atoms with Crippen molar-refractivity contribution < 1.29 is 4.79 Å². The average molecular weight is 164 g/mol. The van der Waals surface area contributed by atoms with Gasteiger partial charge in [0.15, 0.2) is 5.78 Å². The summed E-state index contributed by atoms with van der Waals surface area (Å²) in [6, 6.07) is 0. The van der Waals surface area contributed by atoms with Crippen LogP contribution in [0.25, 0.3) is 0 Å². The third-order valence-electron chi connectivity index (χ3n) is 2.21. The number of ketones is 1. The highest BCUT2D eigenvalue weighted by Crippen LogP contribution is 2.18. The SMILES string of the molecule is CCC(=O)/C=C/C1CC=CCC1. The number of carbonyl (C=O) groups is 1. The third-order valence-corrected chi connectivity index (χ3v) is 2.21. The number of hydrogen-bond donors (Lipinski definition) is 0. The highest BCUT2D eigenvalue weighted by atomic mass is 16.1. The molecule has 0 saturated carbocycles. The molecule has 66 valence electrons. The van der Waals surface area contributed by atoms with Gasteiger partial charge in [-0.3, -0.25) is 4.79 Å². The zero-order chi connectivity index (χ0) is 8.81. The summed E-state index contributed by atoms with van der Waals surface area (Å²) in [7, 11) is 0. The van der Waals surface area contributed by atoms with Gasteiger partial charge in [-0.25, -0.2) is 0 Å². The van der Waals surface area contributed by atoms with E-state index >= 15 is 0 Å². The lowest BCUT2D eigenvalue weighted by Crippen LogP contribution is -1.99. The summed E-state index contributed by atoms with van der Waals surface area (Å²) in [5.41, 5.74) is 0. The van der Waals surface area contributed by atoms with Gasteiger partial charge in [0.25, 0.3) is 0 Å². The summed E-state index contributed by atoms with van der Waals surface area (Å²) in [6.07, 6.45) is 12.3. The van der Waals surface area contributed by atoms with Gasteiger partial charge in [-0.05, 0) is 31.3 Å². The van der Waals surface area contributed by atoms with Crippen LogP contribution in [0.5, 0.6) is 0 Å². The van der Waals surface area contributed by atoms with E-state index in [1.807, 2.05) is 6.92 Å². The van der Waals surface area contributed by atoms with Crippen LogP contribution >= 0.6 is 0 Å². The Morgan fingerprint density at radius 2 is 2.42 bits per heavy atom. The molecule has 0 aromatic carbocycles. The Hall–Kier alpha value is -0.850. The number of hydrogen-bond acceptors (Lipinski definition) is 1. The topological polar surface area (TPSA) is 17.1 Å². The van der Waals surface area contributed by atoms with Gasteiger partial charge in [0.05, 0.1) is 0 Å². The molecule has 0 saturated heterocycles. The molecular formula is C11H16O. The summed E-state index contributed by atoms with van der Waals surface area (Å²) in [4.78, 5) is 10.9. The van der Waals surface area contributed by atoms with E-state index in [0.717, 1.165) is 12.8 Å². The van der Waals surface area contributed by atoms with E-state index in [-0.39, 0.29) is 5.78 Å². The largest absolute Gasteiger partial charge is 0.295 e. The second-order valence-electron chi connectivity index (χ2n) is 3.22. The summed E-state index contributed by atoms with van der Waals surface area (Å²) in [5.74, 6) is 0.843. The minimum Gasteiger partial charge on any atom is -0.295 e. The van der Waals surface area contributed by atoms with E-state index in [9.17, 15) is 4.79 Å². The Morgan fingerprint density at radius 3 is 3.00 bits per heavy atom. The Bertz CT molecular complexity index is 201. The average Bonchev–Trinajstić information content (AvgIpc) is 2.16. The predicted octanol–water partition coefficient (Wildman–Crippen LogP) is 2.88. The molecule has 0 N–H and O–H groups in total. The van der Waals surface area contributed by atoms with E-state index in [2.05, 4.69) is 18.2 Å². The molecule has 0 fully saturated rings. The zero-order valence-corrected chi connectivity index (χ0v) is 7.62. The zero-order valence-electron chi connectivity index (χ0n) is 7.62. The maximum atomic E-state index is 10.9. The molecule has 1 aliphatic carbocycles. The highest BCUT2D eigenvalue weighted by molar-refractivity contribution is 5.89. The van der Waals surface area contributed by atoms with E-state index in [1.165, 1.54) is 6.42 Å². The first-order chi connectivity index (χ1) is 5.83. The summed E-state index contributed by atoms with van der Waals surface area (Å²) >= 11 is 0. The van der Waals surface area contributed by atoms with Crippen molar-refractivity contribution in [2.24, 2.45) is 5.92 Å². The Morgan fingerprint density at radius 1 is 1.58 bits per heavy atom. The minimum atomic E-state index is 0.240. The molecule has 0 aromatic heterocycles. The van der Waals surface area contributed by atoms with Crippen LogP contribution in [0.3, 0.4) is 0 Å². The Kier molecular flexibility index (Phi) is 3.78. The van der Waals surface area contributed by atoms with E-state index in [1.54, 1.807) is 6.08 Å². The first kappa shape index (κ1) is 9.24. The molecule has 0 aromatic rings. The first-order valence-corrected chi connectivity index (χ1v) is 4.69. The predicted molar refractivity (Wildman–Crippen MR) is 50.9 cm³/mol. The summed E-state index contributed by atoms with van der Waals surface area (Å²) in [5, 5.41) is 0. The lowest BCUT2D eigenvalue weighted by atomic mass is 9.94. The van der Waals surface area contributed by atoms with Gasteiger partial charge < -0.3 is 0 Å². The molecule has 0 bridgehead atoms. The van der Waals surface area contributed by atoms with Crippen LogP contribution in [0.1, 0.15) is 32.6 Å². The molecule has 1 heteroatoms. The van der Waals surface area contributed by atoms with Crippen LogP contribution in [0.15, 0.2) is 24.3 Å². The quantitative estimate of drug-likeness (QED) is 0.463. The fourth-order valence-electron chi connectivity index (χ4n) is 1.35. The molecule has 1 atom stereocenters. The minimum absolute atomic E-state index is 0.240. The molecule has 1 nitrogen and oxygen atoms in total. The van der Waals surface area contributed by atoms with Crippen LogP contribution in [0, 0.1) is 5.92 Å². The smallest absolute Gasteiger partial charge is 0.155 e. The molecule has 0 spiro atoms. The van der Waals surface area contributed by atoms with Crippen molar-refractivity contribution in [2.45, 2.75) is 32.6 Å². The van der Waals surface area contributed by atoms with Crippen LogP contribution < -0.4 is 0 Å². The summed E-state index contributed by atoms with van der Waals surface area (Å²) in [6.45, 7) is 1.90. The second kappa shape index (κ2) is 4.91. The molecule has 0 radical (unpaired) electrons. The van der Waals surface area contributed by atoms with Crippen molar-refractivity contribution in [2.75, 3.05) is 0 Å². The van der Waals surface area contributed by atoms with E-state index < -0.39 is 0 Å². The van der Waals surface area contributed by atoms with Gasteiger partial charge in [0.1, 0.15) is 0 Å². The number of rotatable bonds is 3. The van der Waals surface area contributed by atoms with Gasteiger partial charge in [-0.1, -0.05) is 25.2 Å². The lowest BCUT2D eigenvalue weighted by Gasteiger charge is -2.12. The molecule has 1 unspecified atom stereocenters. The Labute approximate surface area is 74.2 Å². The van der Waals surface area contributed by atoms with Crippen LogP contribution in [-0.4, -0.2) is 5.78 Å². The van der Waals surface area contributed by atoms with Crippen LogP contribution in [-0.2, 0) is 4.79 Å². The fourth-order valence-corrected chi connectivity index (χ4v) is 1.35. The molecular weight excluding hydrogens is 148 g/mol. The van der Waals surface area contributed by atoms with E-state index in [0.29, 0.717) is 12.3 Å². The van der Waals surface area contributed by atoms with Crippen molar-refractivity contribution >= 4 is 5.78 Å². The maximum Gasteiger partial charge on any atom is 0.155 e. The van der Waals surface area contributed by atoms with Crippen molar-refractivity contribution in [3.63, 3.8) is 0 Å². The molecule has 1 rings (SSSR count). The standard InChI is InChI=1S/C11H16O/c1-2-11(12)9-8-10-6-4-3-5-7-10/h3-4,8-10H,2,5-7H2,1H3/b9-8+. The van der Waals surface area contributed by atoms with Gasteiger partial charge in [-0.2, -0.15) is 0 Å².